The Bertz CT molecular complexity index is 846. The Morgan fingerprint density at radius 1 is 1.20 bits per heavy atom. The number of hydrogen-bond donors (Lipinski definition) is 1. The standard InChI is InChI=1S/C18H15Cl2N3O2/c1-12(24)23(15-4-2-3-13(9-15)11-21)8-7-18(25)22-17-10-14(19)5-6-16(17)20/h2-6,9-10H,7-8H2,1H3,(H,22,25). The number of hydrogen-bond acceptors (Lipinski definition) is 3. The van der Waals surface area contributed by atoms with Crippen molar-refractivity contribution in [1.29, 1.82) is 5.26 Å². The van der Waals surface area contributed by atoms with Crippen molar-refractivity contribution in [3.8, 4) is 6.07 Å². The lowest BCUT2D eigenvalue weighted by molar-refractivity contribution is -0.117. The lowest BCUT2D eigenvalue weighted by atomic mass is 10.2. The van der Waals surface area contributed by atoms with Gasteiger partial charge in [-0.1, -0.05) is 29.3 Å². The third-order valence-corrected chi connectivity index (χ3v) is 4.00. The highest BCUT2D eigenvalue weighted by Crippen LogP contribution is 2.25. The highest BCUT2D eigenvalue weighted by Gasteiger charge is 2.15. The van der Waals surface area contributed by atoms with Crippen molar-refractivity contribution < 1.29 is 9.59 Å². The number of halogens is 2. The lowest BCUT2D eigenvalue weighted by Gasteiger charge is -2.21. The molecule has 0 aliphatic rings. The van der Waals surface area contributed by atoms with Gasteiger partial charge in [-0.3, -0.25) is 9.59 Å². The summed E-state index contributed by atoms with van der Waals surface area (Å²) in [6, 6.07) is 13.5. The molecule has 0 bridgehead atoms. The summed E-state index contributed by atoms with van der Waals surface area (Å²) in [6.07, 6.45) is 0.0687. The monoisotopic (exact) mass is 375 g/mol. The molecule has 0 aromatic heterocycles. The van der Waals surface area contributed by atoms with E-state index in [4.69, 9.17) is 28.5 Å². The number of nitrogens with one attached hydrogen (secondary N) is 1. The van der Waals surface area contributed by atoms with Gasteiger partial charge in [0.05, 0.1) is 22.3 Å². The SMILES string of the molecule is CC(=O)N(CCC(=O)Nc1cc(Cl)ccc1Cl)c1cccc(C#N)c1. The molecule has 0 unspecified atom stereocenters. The van der Waals surface area contributed by atoms with Crippen LogP contribution >= 0.6 is 23.2 Å². The Hall–Kier alpha value is -2.55. The zero-order chi connectivity index (χ0) is 18.4. The number of anilines is 2. The molecule has 7 heteroatoms. The summed E-state index contributed by atoms with van der Waals surface area (Å²) in [5, 5.41) is 12.5. The summed E-state index contributed by atoms with van der Waals surface area (Å²) in [7, 11) is 0. The number of benzene rings is 2. The minimum Gasteiger partial charge on any atom is -0.325 e. The summed E-state index contributed by atoms with van der Waals surface area (Å²) in [5.41, 5.74) is 1.43. The molecule has 5 nitrogen and oxygen atoms in total. The molecule has 1 N–H and O–H groups in total. The summed E-state index contributed by atoms with van der Waals surface area (Å²) in [4.78, 5) is 25.5. The van der Waals surface area contributed by atoms with Crippen LogP contribution in [0.25, 0.3) is 0 Å². The van der Waals surface area contributed by atoms with Gasteiger partial charge < -0.3 is 10.2 Å². The number of amides is 2. The van der Waals surface area contributed by atoms with Crippen molar-refractivity contribution in [2.75, 3.05) is 16.8 Å². The molecule has 0 saturated heterocycles. The van der Waals surface area contributed by atoms with Crippen molar-refractivity contribution in [2.45, 2.75) is 13.3 Å². The first kappa shape index (κ1) is 18.8. The molecular formula is C18H15Cl2N3O2. The molecule has 0 spiro atoms. The van der Waals surface area contributed by atoms with E-state index < -0.39 is 0 Å². The zero-order valence-corrected chi connectivity index (χ0v) is 14.9. The molecule has 2 rings (SSSR count). The van der Waals surface area contributed by atoms with Crippen LogP contribution in [0.5, 0.6) is 0 Å². The number of carbonyl (C=O) groups is 2. The van der Waals surface area contributed by atoms with Crippen LogP contribution in [0.2, 0.25) is 10.0 Å². The van der Waals surface area contributed by atoms with E-state index in [2.05, 4.69) is 5.32 Å². The maximum atomic E-state index is 12.2. The second kappa shape index (κ2) is 8.52. The van der Waals surface area contributed by atoms with Gasteiger partial charge >= 0.3 is 0 Å². The Kier molecular flexibility index (Phi) is 6.40. The van der Waals surface area contributed by atoms with Crippen molar-refractivity contribution in [2.24, 2.45) is 0 Å². The van der Waals surface area contributed by atoms with Gasteiger partial charge in [-0.2, -0.15) is 5.26 Å². The third kappa shape index (κ3) is 5.21. The Morgan fingerprint density at radius 2 is 1.96 bits per heavy atom. The van der Waals surface area contributed by atoms with Crippen LogP contribution in [0, 0.1) is 11.3 Å². The van der Waals surface area contributed by atoms with Gasteiger partial charge in [0.25, 0.3) is 0 Å². The first-order chi connectivity index (χ1) is 11.9. The lowest BCUT2D eigenvalue weighted by Crippen LogP contribution is -2.32. The van der Waals surface area contributed by atoms with Crippen molar-refractivity contribution >= 4 is 46.4 Å². The molecule has 2 aromatic carbocycles. The highest BCUT2D eigenvalue weighted by molar-refractivity contribution is 6.35. The smallest absolute Gasteiger partial charge is 0.226 e. The summed E-state index contributed by atoms with van der Waals surface area (Å²) < 4.78 is 0. The molecule has 0 aliphatic heterocycles. The predicted octanol–water partition coefficient (Wildman–Crippen LogP) is 4.25. The molecule has 2 aromatic rings. The fraction of sp³-hybridized carbons (Fsp3) is 0.167. The van der Waals surface area contributed by atoms with E-state index in [0.717, 1.165) is 0 Å². The van der Waals surface area contributed by atoms with Gasteiger partial charge in [-0.15, -0.1) is 0 Å². The van der Waals surface area contributed by atoms with Crippen LogP contribution in [-0.4, -0.2) is 18.4 Å². The first-order valence-corrected chi connectivity index (χ1v) is 8.19. The van der Waals surface area contributed by atoms with E-state index in [0.29, 0.717) is 27.0 Å². The molecule has 128 valence electrons. The summed E-state index contributed by atoms with van der Waals surface area (Å²) >= 11 is 11.9. The van der Waals surface area contributed by atoms with Crippen LogP contribution in [-0.2, 0) is 9.59 Å². The number of nitrogens with zero attached hydrogens (tertiary/aromatic N) is 2. The number of nitriles is 1. The molecule has 0 saturated carbocycles. The van der Waals surface area contributed by atoms with Gasteiger partial charge in [-0.25, -0.2) is 0 Å². The van der Waals surface area contributed by atoms with E-state index in [9.17, 15) is 9.59 Å². The second-order valence-electron chi connectivity index (χ2n) is 5.26. The summed E-state index contributed by atoms with van der Waals surface area (Å²) in [6.45, 7) is 1.58. The third-order valence-electron chi connectivity index (χ3n) is 3.43. The van der Waals surface area contributed by atoms with Gasteiger partial charge in [0.2, 0.25) is 11.8 Å². The normalized spacial score (nSPS) is 10.0. The van der Waals surface area contributed by atoms with Gasteiger partial charge in [0.1, 0.15) is 0 Å². The molecule has 0 fully saturated rings. The highest BCUT2D eigenvalue weighted by atomic mass is 35.5. The van der Waals surface area contributed by atoms with E-state index in [1.165, 1.54) is 11.8 Å². The van der Waals surface area contributed by atoms with Crippen molar-refractivity contribution in [3.63, 3.8) is 0 Å². The molecule has 0 radical (unpaired) electrons. The minimum atomic E-state index is -0.299. The van der Waals surface area contributed by atoms with Crippen LogP contribution in [0.1, 0.15) is 18.9 Å². The van der Waals surface area contributed by atoms with E-state index >= 15 is 0 Å². The first-order valence-electron chi connectivity index (χ1n) is 7.44. The molecule has 0 heterocycles. The van der Waals surface area contributed by atoms with E-state index in [-0.39, 0.29) is 24.8 Å². The van der Waals surface area contributed by atoms with E-state index in [1.54, 1.807) is 42.5 Å². The van der Waals surface area contributed by atoms with Crippen LogP contribution < -0.4 is 10.2 Å². The van der Waals surface area contributed by atoms with Crippen LogP contribution in [0.3, 0.4) is 0 Å². The quantitative estimate of drug-likeness (QED) is 0.848. The Labute approximate surface area is 155 Å². The fourth-order valence-electron chi connectivity index (χ4n) is 2.23. The zero-order valence-electron chi connectivity index (χ0n) is 13.4. The second-order valence-corrected chi connectivity index (χ2v) is 6.10. The van der Waals surface area contributed by atoms with Crippen molar-refractivity contribution in [1.82, 2.24) is 0 Å². The van der Waals surface area contributed by atoms with Crippen molar-refractivity contribution in [3.05, 3.63) is 58.1 Å². The minimum absolute atomic E-state index is 0.0687. The Balaban J connectivity index is 2.06. The topological polar surface area (TPSA) is 73.2 Å². The molecule has 0 aliphatic carbocycles. The van der Waals surface area contributed by atoms with Gasteiger partial charge in [-0.05, 0) is 36.4 Å². The number of carbonyl (C=O) groups excluding carboxylic acids is 2. The number of rotatable bonds is 5. The Morgan fingerprint density at radius 3 is 2.64 bits per heavy atom. The molecule has 2 amide bonds. The van der Waals surface area contributed by atoms with Gasteiger partial charge in [0.15, 0.2) is 0 Å². The summed E-state index contributed by atoms with van der Waals surface area (Å²) in [5.74, 6) is -0.518. The van der Waals surface area contributed by atoms with Crippen LogP contribution in [0.15, 0.2) is 42.5 Å². The molecule has 0 atom stereocenters. The molecule has 25 heavy (non-hydrogen) atoms. The maximum Gasteiger partial charge on any atom is 0.226 e. The average Bonchev–Trinajstić information content (AvgIpc) is 2.58. The fourth-order valence-corrected chi connectivity index (χ4v) is 2.57. The average molecular weight is 376 g/mol. The largest absolute Gasteiger partial charge is 0.325 e. The van der Waals surface area contributed by atoms with Gasteiger partial charge in [0, 0.05) is 30.6 Å². The predicted molar refractivity (Wildman–Crippen MR) is 98.9 cm³/mol. The maximum absolute atomic E-state index is 12.2. The van der Waals surface area contributed by atoms with E-state index in [1.807, 2.05) is 6.07 Å². The molecular weight excluding hydrogens is 361 g/mol. The van der Waals surface area contributed by atoms with Crippen LogP contribution in [0.4, 0.5) is 11.4 Å².